The normalized spacial score (nSPS) is 10.4. The van der Waals surface area contributed by atoms with Crippen molar-refractivity contribution in [1.29, 1.82) is 0 Å². The van der Waals surface area contributed by atoms with E-state index in [1.807, 2.05) is 0 Å². The van der Waals surface area contributed by atoms with E-state index in [4.69, 9.17) is 11.6 Å². The number of hydroxylamine groups is 1. The van der Waals surface area contributed by atoms with Crippen LogP contribution >= 0.6 is 11.6 Å². The summed E-state index contributed by atoms with van der Waals surface area (Å²) in [5, 5.41) is 0.555. The van der Waals surface area contributed by atoms with E-state index in [1.54, 1.807) is 18.2 Å². The summed E-state index contributed by atoms with van der Waals surface area (Å²) >= 11 is 5.88. The van der Waals surface area contributed by atoms with Gasteiger partial charge in [-0.2, -0.15) is 5.48 Å². The minimum atomic E-state index is -0.488. The molecule has 72 valence electrons. The lowest BCUT2D eigenvalue weighted by molar-refractivity contribution is 0.0867. The molecule has 1 N–H and O–H groups in total. The smallest absolute Gasteiger partial charge is 0.115 e. The van der Waals surface area contributed by atoms with Crippen LogP contribution < -0.4 is 5.48 Å². The minimum absolute atomic E-state index is 0.488. The molecule has 0 amide bonds. The van der Waals surface area contributed by atoms with Crippen LogP contribution in [0.2, 0.25) is 5.02 Å². The fraction of sp³-hybridized carbons (Fsp3) is 0.333. The summed E-state index contributed by atoms with van der Waals surface area (Å²) < 4.78 is 12.2. The summed E-state index contributed by atoms with van der Waals surface area (Å²) in [5.74, 6) is 0. The van der Waals surface area contributed by atoms with Crippen molar-refractivity contribution >= 4 is 11.6 Å². The van der Waals surface area contributed by atoms with Crippen molar-refractivity contribution in [2.24, 2.45) is 0 Å². The molecule has 0 spiro atoms. The van der Waals surface area contributed by atoms with E-state index in [9.17, 15) is 4.39 Å². The maximum atomic E-state index is 12.2. The van der Waals surface area contributed by atoms with Crippen molar-refractivity contribution in [3.05, 3.63) is 34.3 Å². The summed E-state index contributed by atoms with van der Waals surface area (Å²) in [5.41, 5.74) is 4.14. The topological polar surface area (TPSA) is 21.3 Å². The number of nitrogens with one attached hydrogen (secondary N) is 1. The number of hydrogen-bond acceptors (Lipinski definition) is 2. The Morgan fingerprint density at radius 1 is 1.54 bits per heavy atom. The van der Waals surface area contributed by atoms with Crippen molar-refractivity contribution in [1.82, 2.24) is 5.48 Å². The molecule has 0 unspecified atom stereocenters. The Morgan fingerprint density at radius 2 is 2.31 bits per heavy atom. The van der Waals surface area contributed by atoms with Crippen LogP contribution in [0.25, 0.3) is 0 Å². The Morgan fingerprint density at radius 3 is 2.85 bits per heavy atom. The van der Waals surface area contributed by atoms with Crippen LogP contribution in [0.3, 0.4) is 0 Å². The highest BCUT2D eigenvalue weighted by Crippen LogP contribution is 2.18. The molecule has 0 saturated carbocycles. The molecule has 0 bridgehead atoms. The molecule has 0 aliphatic rings. The maximum absolute atomic E-state index is 12.2. The first-order valence-electron chi connectivity index (χ1n) is 3.87. The third-order valence-electron chi connectivity index (χ3n) is 1.68. The highest BCUT2D eigenvalue weighted by Gasteiger charge is 2.00. The van der Waals surface area contributed by atoms with Crippen molar-refractivity contribution in [2.75, 3.05) is 7.11 Å². The molecule has 1 aromatic rings. The Hall–Kier alpha value is -0.640. The molecule has 0 aromatic heterocycles. The second-order valence-corrected chi connectivity index (χ2v) is 2.99. The van der Waals surface area contributed by atoms with Crippen LogP contribution in [-0.4, -0.2) is 7.11 Å². The van der Waals surface area contributed by atoms with E-state index in [0.717, 1.165) is 5.56 Å². The average molecular weight is 204 g/mol. The molecular formula is C9H11ClFNO. The third kappa shape index (κ3) is 2.95. The van der Waals surface area contributed by atoms with E-state index in [-0.39, 0.29) is 0 Å². The second kappa shape index (κ2) is 5.17. The Labute approximate surface area is 81.6 Å². The highest BCUT2D eigenvalue weighted by molar-refractivity contribution is 6.31. The van der Waals surface area contributed by atoms with Crippen LogP contribution in [0.1, 0.15) is 11.1 Å². The van der Waals surface area contributed by atoms with Crippen LogP contribution in [0.15, 0.2) is 18.2 Å². The molecule has 0 aliphatic heterocycles. The second-order valence-electron chi connectivity index (χ2n) is 2.58. The zero-order chi connectivity index (χ0) is 9.68. The van der Waals surface area contributed by atoms with Crippen LogP contribution in [0.4, 0.5) is 4.39 Å². The third-order valence-corrected chi connectivity index (χ3v) is 2.03. The summed E-state index contributed by atoms with van der Waals surface area (Å²) in [4.78, 5) is 4.67. The largest absolute Gasteiger partial charge is 0.305 e. The number of benzene rings is 1. The number of hydrogen-bond donors (Lipinski definition) is 1. The standard InChI is InChI=1S/C9H11ClFNO/c1-13-12-6-8-3-2-7(5-11)4-9(8)10/h2-4,12H,5-6H2,1H3. The van der Waals surface area contributed by atoms with Crippen molar-refractivity contribution in [2.45, 2.75) is 13.2 Å². The van der Waals surface area contributed by atoms with E-state index >= 15 is 0 Å². The summed E-state index contributed by atoms with van der Waals surface area (Å²) in [6, 6.07) is 5.11. The van der Waals surface area contributed by atoms with Gasteiger partial charge in [-0.25, -0.2) is 4.39 Å². The van der Waals surface area contributed by atoms with Gasteiger partial charge in [0, 0.05) is 11.6 Å². The maximum Gasteiger partial charge on any atom is 0.115 e. The Bertz CT molecular complexity index is 280. The van der Waals surface area contributed by atoms with E-state index in [1.165, 1.54) is 7.11 Å². The quantitative estimate of drug-likeness (QED) is 0.760. The van der Waals surface area contributed by atoms with Crippen molar-refractivity contribution in [3.63, 3.8) is 0 Å². The number of rotatable bonds is 4. The molecule has 13 heavy (non-hydrogen) atoms. The first-order chi connectivity index (χ1) is 6.27. The van der Waals surface area contributed by atoms with Crippen LogP contribution in [0.5, 0.6) is 0 Å². The van der Waals surface area contributed by atoms with Gasteiger partial charge in [0.1, 0.15) is 6.67 Å². The van der Waals surface area contributed by atoms with Crippen LogP contribution in [-0.2, 0) is 18.1 Å². The minimum Gasteiger partial charge on any atom is -0.305 e. The average Bonchev–Trinajstić information content (AvgIpc) is 2.16. The number of alkyl halides is 1. The molecule has 0 saturated heterocycles. The zero-order valence-corrected chi connectivity index (χ0v) is 8.07. The molecule has 2 nitrogen and oxygen atoms in total. The first-order valence-corrected chi connectivity index (χ1v) is 4.25. The SMILES string of the molecule is CONCc1ccc(CF)cc1Cl. The predicted octanol–water partition coefficient (Wildman–Crippen LogP) is 2.46. The monoisotopic (exact) mass is 203 g/mol. The van der Waals surface area contributed by atoms with Gasteiger partial charge in [-0.05, 0) is 17.2 Å². The summed E-state index contributed by atoms with van der Waals surface area (Å²) in [6.07, 6.45) is 0. The molecule has 1 aromatic carbocycles. The van der Waals surface area contributed by atoms with E-state index in [0.29, 0.717) is 17.1 Å². The molecule has 0 fully saturated rings. The molecule has 1 rings (SSSR count). The Kier molecular flexibility index (Phi) is 4.15. The lowest BCUT2D eigenvalue weighted by Crippen LogP contribution is -2.11. The van der Waals surface area contributed by atoms with Gasteiger partial charge in [-0.15, -0.1) is 0 Å². The van der Waals surface area contributed by atoms with Crippen molar-refractivity contribution < 1.29 is 9.23 Å². The van der Waals surface area contributed by atoms with Gasteiger partial charge < -0.3 is 4.84 Å². The van der Waals surface area contributed by atoms with Crippen LogP contribution in [0, 0.1) is 0 Å². The molecule has 0 atom stereocenters. The van der Waals surface area contributed by atoms with Gasteiger partial charge in [-0.3, -0.25) is 0 Å². The molecular weight excluding hydrogens is 193 g/mol. The lowest BCUT2D eigenvalue weighted by atomic mass is 10.1. The molecule has 4 heteroatoms. The zero-order valence-electron chi connectivity index (χ0n) is 7.31. The van der Waals surface area contributed by atoms with E-state index in [2.05, 4.69) is 10.3 Å². The van der Waals surface area contributed by atoms with Gasteiger partial charge >= 0.3 is 0 Å². The van der Waals surface area contributed by atoms with Gasteiger partial charge in [-0.1, -0.05) is 23.7 Å². The Balaban J connectivity index is 2.73. The lowest BCUT2D eigenvalue weighted by Gasteiger charge is -2.05. The molecule has 0 heterocycles. The fourth-order valence-corrected chi connectivity index (χ4v) is 1.24. The summed E-state index contributed by atoms with van der Waals surface area (Å²) in [6.45, 7) is 0.0274. The first kappa shape index (κ1) is 10.4. The van der Waals surface area contributed by atoms with Gasteiger partial charge in [0.15, 0.2) is 0 Å². The highest BCUT2D eigenvalue weighted by atomic mass is 35.5. The summed E-state index contributed by atoms with van der Waals surface area (Å²) in [7, 11) is 1.53. The fourth-order valence-electron chi connectivity index (χ4n) is 0.967. The van der Waals surface area contributed by atoms with Crippen molar-refractivity contribution in [3.8, 4) is 0 Å². The van der Waals surface area contributed by atoms with E-state index < -0.39 is 6.67 Å². The molecule has 0 aliphatic carbocycles. The number of halogens is 2. The predicted molar refractivity (Wildman–Crippen MR) is 50.1 cm³/mol. The van der Waals surface area contributed by atoms with Gasteiger partial charge in [0.05, 0.1) is 7.11 Å². The van der Waals surface area contributed by atoms with Gasteiger partial charge in [0.2, 0.25) is 0 Å². The van der Waals surface area contributed by atoms with Gasteiger partial charge in [0.25, 0.3) is 0 Å². The molecule has 0 radical (unpaired) electrons.